The van der Waals surface area contributed by atoms with Crippen LogP contribution in [0.2, 0.25) is 0 Å². The molecule has 0 aliphatic rings. The third-order valence-electron chi connectivity index (χ3n) is 5.88. The maximum Gasteiger partial charge on any atom is 0.411 e. The molecule has 1 heterocycles. The van der Waals surface area contributed by atoms with Gasteiger partial charge in [0, 0.05) is 28.7 Å². The topological polar surface area (TPSA) is 108 Å². The summed E-state index contributed by atoms with van der Waals surface area (Å²) in [7, 11) is -4.31. The maximum absolute atomic E-state index is 12.3. The second kappa shape index (κ2) is 9.70. The molecular weight excluding hydrogens is 452 g/mol. The second-order valence-corrected chi connectivity index (χ2v) is 9.57. The van der Waals surface area contributed by atoms with E-state index < -0.39 is 16.2 Å². The normalized spacial score (nSPS) is 12.4. The third kappa shape index (κ3) is 5.13. The van der Waals surface area contributed by atoms with Gasteiger partial charge in [-0.05, 0) is 65.9 Å². The summed E-state index contributed by atoms with van der Waals surface area (Å²) in [5, 5.41) is 3.68. The van der Waals surface area contributed by atoms with E-state index in [4.69, 9.17) is 4.74 Å². The van der Waals surface area contributed by atoms with Gasteiger partial charge < -0.3 is 9.72 Å². The lowest BCUT2D eigenvalue weighted by molar-refractivity contribution is 0.155. The Kier molecular flexibility index (Phi) is 6.72. The van der Waals surface area contributed by atoms with Crippen LogP contribution in [0.5, 0.6) is 0 Å². The Bertz CT molecular complexity index is 1430. The number of fused-ring (bicyclic) bond motifs is 1. The fourth-order valence-corrected chi connectivity index (χ4v) is 4.66. The number of carbonyl (C=O) groups excluding carboxylic acids is 1. The van der Waals surface area contributed by atoms with Crippen molar-refractivity contribution in [2.45, 2.75) is 37.7 Å². The van der Waals surface area contributed by atoms with Gasteiger partial charge in [-0.3, -0.25) is 9.87 Å². The smallest absolute Gasteiger partial charge is 0.411 e. The Hall–Kier alpha value is -3.62. The van der Waals surface area contributed by atoms with Crippen LogP contribution in [0.25, 0.3) is 10.9 Å². The van der Waals surface area contributed by atoms with Crippen molar-refractivity contribution in [3.05, 3.63) is 95.2 Å². The zero-order chi connectivity index (χ0) is 24.3. The summed E-state index contributed by atoms with van der Waals surface area (Å²) < 4.78 is 38.2. The number of hydrogen-bond acceptors (Lipinski definition) is 4. The van der Waals surface area contributed by atoms with Crippen LogP contribution in [0.3, 0.4) is 0 Å². The second-order valence-electron chi connectivity index (χ2n) is 8.15. The van der Waals surface area contributed by atoms with E-state index in [1.165, 1.54) is 12.1 Å². The highest BCUT2D eigenvalue weighted by Crippen LogP contribution is 2.36. The molecule has 4 aromatic rings. The standard InChI is InChI=1S/C26H26N2O5S/c1-3-21(22-14-20(34(30,31)32)11-9-17(22)2)24-15-27-25-12-10-19(13-23(24)25)28-26(29)33-16-18-7-5-4-6-8-18/h4-15,21,27H,3,16H2,1-2H3,(H,28,29)(H,30,31,32). The summed E-state index contributed by atoms with van der Waals surface area (Å²) in [6.07, 6.45) is 2.05. The van der Waals surface area contributed by atoms with Crippen LogP contribution < -0.4 is 5.32 Å². The van der Waals surface area contributed by atoms with Gasteiger partial charge in [-0.15, -0.1) is 0 Å². The molecule has 4 rings (SSSR count). The van der Waals surface area contributed by atoms with Gasteiger partial charge in [0.1, 0.15) is 6.61 Å². The molecule has 0 spiro atoms. The predicted molar refractivity (Wildman–Crippen MR) is 132 cm³/mol. The van der Waals surface area contributed by atoms with Crippen LogP contribution in [0, 0.1) is 6.92 Å². The minimum atomic E-state index is -4.31. The van der Waals surface area contributed by atoms with Gasteiger partial charge in [-0.1, -0.05) is 43.3 Å². The zero-order valence-corrected chi connectivity index (χ0v) is 19.7. The first-order valence-electron chi connectivity index (χ1n) is 10.9. The summed E-state index contributed by atoms with van der Waals surface area (Å²) in [5.74, 6) is -0.115. The average Bonchev–Trinajstić information content (AvgIpc) is 3.22. The monoisotopic (exact) mass is 478 g/mol. The molecular formula is C26H26N2O5S. The Morgan fingerprint density at radius 1 is 1.06 bits per heavy atom. The largest absolute Gasteiger partial charge is 0.444 e. The summed E-state index contributed by atoms with van der Waals surface area (Å²) in [5.41, 5.74) is 5.08. The first-order valence-corrected chi connectivity index (χ1v) is 12.4. The van der Waals surface area contributed by atoms with Crippen molar-refractivity contribution in [2.24, 2.45) is 0 Å². The lowest BCUT2D eigenvalue weighted by Gasteiger charge is -2.19. The van der Waals surface area contributed by atoms with Gasteiger partial charge >= 0.3 is 6.09 Å². The first-order chi connectivity index (χ1) is 16.3. The van der Waals surface area contributed by atoms with Gasteiger partial charge in [0.2, 0.25) is 0 Å². The van der Waals surface area contributed by atoms with Crippen molar-refractivity contribution in [3.63, 3.8) is 0 Å². The molecule has 8 heteroatoms. The van der Waals surface area contributed by atoms with Crippen molar-refractivity contribution in [2.75, 3.05) is 5.32 Å². The number of amides is 1. The quantitative estimate of drug-likeness (QED) is 0.282. The molecule has 0 aliphatic carbocycles. The van der Waals surface area contributed by atoms with Gasteiger partial charge in [0.25, 0.3) is 10.1 Å². The number of aryl methyl sites for hydroxylation is 1. The highest BCUT2D eigenvalue weighted by molar-refractivity contribution is 7.85. The van der Waals surface area contributed by atoms with Crippen LogP contribution >= 0.6 is 0 Å². The molecule has 3 N–H and O–H groups in total. The molecule has 1 atom stereocenters. The van der Waals surface area contributed by atoms with E-state index in [1.54, 1.807) is 12.1 Å². The molecule has 1 aromatic heterocycles. The minimum Gasteiger partial charge on any atom is -0.444 e. The summed E-state index contributed by atoms with van der Waals surface area (Å²) in [4.78, 5) is 15.4. The van der Waals surface area contributed by atoms with E-state index in [2.05, 4.69) is 10.3 Å². The minimum absolute atomic E-state index is 0.115. The number of carbonyl (C=O) groups is 1. The molecule has 7 nitrogen and oxygen atoms in total. The molecule has 0 fully saturated rings. The molecule has 0 radical (unpaired) electrons. The van der Waals surface area contributed by atoms with Crippen molar-refractivity contribution in [3.8, 4) is 0 Å². The van der Waals surface area contributed by atoms with E-state index >= 15 is 0 Å². The Balaban J connectivity index is 1.61. The van der Waals surface area contributed by atoms with Crippen LogP contribution in [0.4, 0.5) is 10.5 Å². The van der Waals surface area contributed by atoms with Crippen LogP contribution in [-0.2, 0) is 21.5 Å². The maximum atomic E-state index is 12.3. The van der Waals surface area contributed by atoms with Crippen LogP contribution in [0.1, 0.15) is 41.5 Å². The number of anilines is 1. The van der Waals surface area contributed by atoms with E-state index in [0.29, 0.717) is 12.1 Å². The molecule has 0 aliphatic heterocycles. The highest BCUT2D eigenvalue weighted by atomic mass is 32.2. The van der Waals surface area contributed by atoms with E-state index in [0.717, 1.165) is 33.2 Å². The number of benzene rings is 3. The predicted octanol–water partition coefficient (Wildman–Crippen LogP) is 6.01. The Labute approximate surface area is 198 Å². The lowest BCUT2D eigenvalue weighted by Crippen LogP contribution is -2.13. The summed E-state index contributed by atoms with van der Waals surface area (Å²) in [6, 6.07) is 19.6. The van der Waals surface area contributed by atoms with Crippen molar-refractivity contribution < 1.29 is 22.5 Å². The van der Waals surface area contributed by atoms with E-state index in [-0.39, 0.29) is 17.4 Å². The summed E-state index contributed by atoms with van der Waals surface area (Å²) in [6.45, 7) is 4.11. The van der Waals surface area contributed by atoms with Gasteiger partial charge in [-0.25, -0.2) is 4.79 Å². The molecule has 34 heavy (non-hydrogen) atoms. The Morgan fingerprint density at radius 3 is 2.53 bits per heavy atom. The van der Waals surface area contributed by atoms with Crippen molar-refractivity contribution in [1.82, 2.24) is 4.98 Å². The zero-order valence-electron chi connectivity index (χ0n) is 18.9. The van der Waals surface area contributed by atoms with Crippen molar-refractivity contribution in [1.29, 1.82) is 0 Å². The SMILES string of the molecule is CCC(c1cc(S(=O)(=O)O)ccc1C)c1c[nH]c2ccc(NC(=O)OCc3ccccc3)cc12. The number of H-pyrrole nitrogens is 1. The Morgan fingerprint density at radius 2 is 1.82 bits per heavy atom. The fourth-order valence-electron chi connectivity index (χ4n) is 4.15. The average molecular weight is 479 g/mol. The third-order valence-corrected chi connectivity index (χ3v) is 6.73. The van der Waals surface area contributed by atoms with E-state index in [1.807, 2.05) is 62.5 Å². The number of ether oxygens (including phenoxy) is 1. The number of aromatic nitrogens is 1. The molecule has 1 amide bonds. The van der Waals surface area contributed by atoms with E-state index in [9.17, 15) is 17.8 Å². The van der Waals surface area contributed by atoms with Gasteiger partial charge in [0.15, 0.2) is 0 Å². The number of rotatable bonds is 7. The number of hydrogen-bond donors (Lipinski definition) is 3. The summed E-state index contributed by atoms with van der Waals surface area (Å²) >= 11 is 0. The van der Waals surface area contributed by atoms with Crippen LogP contribution in [0.15, 0.2) is 77.8 Å². The molecule has 1 unspecified atom stereocenters. The lowest BCUT2D eigenvalue weighted by atomic mass is 9.86. The molecule has 176 valence electrons. The molecule has 0 saturated heterocycles. The molecule has 0 saturated carbocycles. The number of nitrogens with one attached hydrogen (secondary N) is 2. The number of aromatic amines is 1. The van der Waals surface area contributed by atoms with Crippen LogP contribution in [-0.4, -0.2) is 24.0 Å². The van der Waals surface area contributed by atoms with Gasteiger partial charge in [-0.2, -0.15) is 8.42 Å². The molecule has 3 aromatic carbocycles. The van der Waals surface area contributed by atoms with Gasteiger partial charge in [0.05, 0.1) is 4.90 Å². The first kappa shape index (κ1) is 23.5. The van der Waals surface area contributed by atoms with Crippen molar-refractivity contribution >= 4 is 32.8 Å². The fraction of sp³-hybridized carbons (Fsp3) is 0.192. The molecule has 0 bridgehead atoms. The highest BCUT2D eigenvalue weighted by Gasteiger charge is 2.21.